The summed E-state index contributed by atoms with van der Waals surface area (Å²) in [4.78, 5) is 12.8. The molecule has 1 heterocycles. The van der Waals surface area contributed by atoms with Crippen molar-refractivity contribution in [3.63, 3.8) is 0 Å². The van der Waals surface area contributed by atoms with E-state index in [1.165, 1.54) is 5.01 Å². The molecule has 0 saturated carbocycles. The molecule has 1 N–H and O–H groups in total. The Hall–Kier alpha value is -3.07. The fourth-order valence-corrected chi connectivity index (χ4v) is 4.11. The predicted octanol–water partition coefficient (Wildman–Crippen LogP) is 3.55. The van der Waals surface area contributed by atoms with E-state index >= 15 is 0 Å². The largest absolute Gasteiger partial charge is 0.497 e. The lowest BCUT2D eigenvalue weighted by molar-refractivity contribution is -0.133. The van der Waals surface area contributed by atoms with Crippen molar-refractivity contribution in [1.82, 2.24) is 5.01 Å². The van der Waals surface area contributed by atoms with Gasteiger partial charge in [0.2, 0.25) is 15.9 Å². The van der Waals surface area contributed by atoms with Gasteiger partial charge < -0.3 is 9.47 Å². The van der Waals surface area contributed by atoms with E-state index in [1.807, 2.05) is 25.1 Å². The summed E-state index contributed by atoms with van der Waals surface area (Å²) in [6.07, 6.45) is 2.66. The molecule has 2 aromatic carbocycles. The highest BCUT2D eigenvalue weighted by Crippen LogP contribution is 2.39. The third-order valence-electron chi connectivity index (χ3n) is 4.93. The lowest BCUT2D eigenvalue weighted by Crippen LogP contribution is -2.27. The van der Waals surface area contributed by atoms with E-state index in [9.17, 15) is 13.2 Å². The van der Waals surface area contributed by atoms with Crippen LogP contribution in [0.4, 0.5) is 5.69 Å². The van der Waals surface area contributed by atoms with Gasteiger partial charge in [-0.1, -0.05) is 19.1 Å². The van der Waals surface area contributed by atoms with Gasteiger partial charge in [-0.2, -0.15) is 5.10 Å². The minimum atomic E-state index is -3.40. The highest BCUT2D eigenvalue weighted by molar-refractivity contribution is 7.92. The minimum Gasteiger partial charge on any atom is -0.497 e. The van der Waals surface area contributed by atoms with Gasteiger partial charge in [-0.15, -0.1) is 0 Å². The van der Waals surface area contributed by atoms with Crippen molar-refractivity contribution in [1.29, 1.82) is 0 Å². The van der Waals surface area contributed by atoms with Crippen molar-refractivity contribution in [3.05, 3.63) is 53.6 Å². The summed E-state index contributed by atoms with van der Waals surface area (Å²) in [5.41, 5.74) is 2.72. The molecular weight excluding hydrogens is 418 g/mol. The molecule has 0 bridgehead atoms. The number of anilines is 1. The molecule has 0 spiro atoms. The molecule has 3 rings (SSSR count). The number of hydrogen-bond acceptors (Lipinski definition) is 6. The summed E-state index contributed by atoms with van der Waals surface area (Å²) in [6, 6.07) is 12.2. The van der Waals surface area contributed by atoms with Crippen LogP contribution in [0.25, 0.3) is 0 Å². The van der Waals surface area contributed by atoms with Crippen molar-refractivity contribution in [2.75, 3.05) is 25.2 Å². The number of carbonyl (C=O) groups is 1. The van der Waals surface area contributed by atoms with Crippen LogP contribution >= 0.6 is 0 Å². The number of hydrogen-bond donors (Lipinski definition) is 1. The van der Waals surface area contributed by atoms with Crippen molar-refractivity contribution in [2.45, 2.75) is 32.2 Å². The van der Waals surface area contributed by atoms with E-state index in [0.717, 1.165) is 17.4 Å². The quantitative estimate of drug-likeness (QED) is 0.670. The van der Waals surface area contributed by atoms with Crippen LogP contribution in [0.15, 0.2) is 47.6 Å². The van der Waals surface area contributed by atoms with Gasteiger partial charge in [-0.25, -0.2) is 13.4 Å². The zero-order valence-corrected chi connectivity index (χ0v) is 18.9. The van der Waals surface area contributed by atoms with Crippen LogP contribution in [-0.4, -0.2) is 45.5 Å². The molecule has 8 nitrogen and oxygen atoms in total. The normalized spacial score (nSPS) is 16.1. The number of hydrazone groups is 1. The maximum absolute atomic E-state index is 12.8. The molecule has 1 atom stereocenters. The Morgan fingerprint density at radius 3 is 2.61 bits per heavy atom. The number of rotatable bonds is 8. The highest BCUT2D eigenvalue weighted by atomic mass is 32.2. The van der Waals surface area contributed by atoms with Gasteiger partial charge in [-0.05, 0) is 36.2 Å². The Labute approximate surface area is 182 Å². The first-order chi connectivity index (χ1) is 14.8. The molecule has 166 valence electrons. The van der Waals surface area contributed by atoms with Crippen molar-refractivity contribution in [3.8, 4) is 11.5 Å². The van der Waals surface area contributed by atoms with Crippen LogP contribution in [-0.2, 0) is 14.8 Å². The lowest BCUT2D eigenvalue weighted by Gasteiger charge is -2.24. The van der Waals surface area contributed by atoms with Crippen LogP contribution < -0.4 is 14.2 Å². The fourth-order valence-electron chi connectivity index (χ4n) is 3.56. The summed E-state index contributed by atoms with van der Waals surface area (Å²) in [5, 5.41) is 6.14. The molecule has 9 heteroatoms. The molecule has 2 aromatic rings. The second-order valence-corrected chi connectivity index (χ2v) is 9.07. The molecule has 0 aliphatic carbocycles. The second-order valence-electron chi connectivity index (χ2n) is 7.32. The number of sulfonamides is 1. The number of benzene rings is 2. The fraction of sp³-hybridized carbons (Fsp3) is 0.364. The molecule has 0 aromatic heterocycles. The molecule has 1 aliphatic heterocycles. The maximum Gasteiger partial charge on any atom is 0.243 e. The maximum atomic E-state index is 12.8. The van der Waals surface area contributed by atoms with E-state index in [2.05, 4.69) is 9.82 Å². The standard InChI is InChI=1S/C22H27N3O5S/c1-5-7-22(26)25-20(18-11-10-17(29-2)13-21(18)30-3)14-19(23-25)15-8-6-9-16(12-15)24-31(4,27)28/h6,8-13,20,24H,5,7,14H2,1-4H3/t20-/m1/s1. The van der Waals surface area contributed by atoms with Crippen LogP contribution in [0.5, 0.6) is 11.5 Å². The summed E-state index contributed by atoms with van der Waals surface area (Å²) in [7, 11) is -0.241. The predicted molar refractivity (Wildman–Crippen MR) is 120 cm³/mol. The van der Waals surface area contributed by atoms with Gasteiger partial charge in [0.1, 0.15) is 11.5 Å². The summed E-state index contributed by atoms with van der Waals surface area (Å²) >= 11 is 0. The smallest absolute Gasteiger partial charge is 0.243 e. The van der Waals surface area contributed by atoms with E-state index in [4.69, 9.17) is 9.47 Å². The van der Waals surface area contributed by atoms with E-state index in [1.54, 1.807) is 38.5 Å². The number of nitrogens with one attached hydrogen (secondary N) is 1. The number of nitrogens with zero attached hydrogens (tertiary/aromatic N) is 2. The average Bonchev–Trinajstić information content (AvgIpc) is 3.18. The third-order valence-corrected chi connectivity index (χ3v) is 5.53. The number of amides is 1. The van der Waals surface area contributed by atoms with Crippen molar-refractivity contribution >= 4 is 27.3 Å². The van der Waals surface area contributed by atoms with Gasteiger partial charge in [0.05, 0.1) is 32.2 Å². The number of carbonyl (C=O) groups excluding carboxylic acids is 1. The van der Waals surface area contributed by atoms with Crippen molar-refractivity contribution in [2.24, 2.45) is 5.10 Å². The van der Waals surface area contributed by atoms with E-state index in [0.29, 0.717) is 42.2 Å². The van der Waals surface area contributed by atoms with Gasteiger partial charge >= 0.3 is 0 Å². The highest BCUT2D eigenvalue weighted by Gasteiger charge is 2.34. The number of methoxy groups -OCH3 is 2. The summed E-state index contributed by atoms with van der Waals surface area (Å²) in [6.45, 7) is 1.95. The molecule has 0 radical (unpaired) electrons. The summed E-state index contributed by atoms with van der Waals surface area (Å²) < 4.78 is 36.5. The Balaban J connectivity index is 1.99. The molecule has 0 saturated heterocycles. The zero-order chi connectivity index (χ0) is 22.6. The van der Waals surface area contributed by atoms with Crippen LogP contribution in [0.2, 0.25) is 0 Å². The molecule has 31 heavy (non-hydrogen) atoms. The lowest BCUT2D eigenvalue weighted by atomic mass is 9.97. The van der Waals surface area contributed by atoms with Gasteiger partial charge in [0, 0.05) is 30.2 Å². The van der Waals surface area contributed by atoms with Gasteiger partial charge in [-0.3, -0.25) is 9.52 Å². The molecule has 1 aliphatic rings. The Morgan fingerprint density at radius 1 is 1.19 bits per heavy atom. The van der Waals surface area contributed by atoms with E-state index < -0.39 is 10.0 Å². The summed E-state index contributed by atoms with van der Waals surface area (Å²) in [5.74, 6) is 1.19. The van der Waals surface area contributed by atoms with Crippen LogP contribution in [0.3, 0.4) is 0 Å². The van der Waals surface area contributed by atoms with E-state index in [-0.39, 0.29) is 11.9 Å². The number of ether oxygens (including phenoxy) is 2. The van der Waals surface area contributed by atoms with Gasteiger partial charge in [0.25, 0.3) is 0 Å². The van der Waals surface area contributed by atoms with Gasteiger partial charge in [0.15, 0.2) is 0 Å². The molecule has 1 amide bonds. The first kappa shape index (κ1) is 22.6. The molecule has 0 fully saturated rings. The zero-order valence-electron chi connectivity index (χ0n) is 18.1. The Kier molecular flexibility index (Phi) is 6.84. The minimum absolute atomic E-state index is 0.0780. The van der Waals surface area contributed by atoms with Crippen molar-refractivity contribution < 1.29 is 22.7 Å². The van der Waals surface area contributed by atoms with Crippen LogP contribution in [0, 0.1) is 0 Å². The first-order valence-electron chi connectivity index (χ1n) is 9.95. The topological polar surface area (TPSA) is 97.3 Å². The SMILES string of the molecule is CCCC(=O)N1N=C(c2cccc(NS(C)(=O)=O)c2)C[C@@H]1c1ccc(OC)cc1OC. The first-order valence-corrected chi connectivity index (χ1v) is 11.8. The third kappa shape index (κ3) is 5.35. The average molecular weight is 446 g/mol. The molecule has 0 unspecified atom stereocenters. The van der Waals surface area contributed by atoms with Crippen LogP contribution in [0.1, 0.15) is 43.4 Å². The Morgan fingerprint density at radius 2 is 1.97 bits per heavy atom. The molecular formula is C22H27N3O5S. The monoisotopic (exact) mass is 445 g/mol. The Bertz CT molecular complexity index is 1100. The second kappa shape index (κ2) is 9.38.